The van der Waals surface area contributed by atoms with Gasteiger partial charge in [0.1, 0.15) is 9.96 Å². The lowest BCUT2D eigenvalue weighted by atomic mass is 10.1. The molecule has 1 heterocycles. The number of rotatable bonds is 6. The second kappa shape index (κ2) is 6.73. The Morgan fingerprint density at radius 1 is 1.24 bits per heavy atom. The fraction of sp³-hybridized carbons (Fsp3) is 0.214. The van der Waals surface area contributed by atoms with Crippen LogP contribution in [0.15, 0.2) is 46.0 Å². The van der Waals surface area contributed by atoms with Gasteiger partial charge in [-0.25, -0.2) is 13.1 Å². The van der Waals surface area contributed by atoms with Crippen molar-refractivity contribution in [1.82, 2.24) is 4.72 Å². The van der Waals surface area contributed by atoms with Gasteiger partial charge in [-0.1, -0.05) is 31.2 Å². The number of amides is 1. The van der Waals surface area contributed by atoms with E-state index < -0.39 is 15.9 Å². The molecule has 0 atom stereocenters. The largest absolute Gasteiger partial charge is 0.483 e. The standard InChI is InChI=1S/C14H15NO4S2/c1-2-11-6-3-4-7-12(11)19-10-13(16)15-21(17,18)14-8-5-9-20-14/h3-9H,2,10H2,1H3,(H,15,16). The first-order valence-corrected chi connectivity index (χ1v) is 8.69. The molecule has 2 rings (SSSR count). The molecule has 0 bridgehead atoms. The van der Waals surface area contributed by atoms with Crippen molar-refractivity contribution in [2.75, 3.05) is 6.61 Å². The van der Waals surface area contributed by atoms with Gasteiger partial charge in [0.25, 0.3) is 15.9 Å². The molecule has 1 aromatic heterocycles. The smallest absolute Gasteiger partial charge is 0.273 e. The van der Waals surface area contributed by atoms with Crippen molar-refractivity contribution < 1.29 is 17.9 Å². The highest BCUT2D eigenvalue weighted by atomic mass is 32.2. The van der Waals surface area contributed by atoms with Gasteiger partial charge in [0, 0.05) is 0 Å². The topological polar surface area (TPSA) is 72.5 Å². The van der Waals surface area contributed by atoms with Gasteiger partial charge in [0.2, 0.25) is 0 Å². The van der Waals surface area contributed by atoms with Crippen LogP contribution in [0.2, 0.25) is 0 Å². The van der Waals surface area contributed by atoms with Crippen molar-refractivity contribution in [2.45, 2.75) is 17.6 Å². The molecule has 112 valence electrons. The average molecular weight is 325 g/mol. The molecule has 1 aromatic carbocycles. The van der Waals surface area contributed by atoms with E-state index in [2.05, 4.69) is 0 Å². The number of sulfonamides is 1. The van der Waals surface area contributed by atoms with Crippen LogP contribution in [-0.4, -0.2) is 20.9 Å². The molecule has 21 heavy (non-hydrogen) atoms. The third-order valence-corrected chi connectivity index (χ3v) is 5.49. The number of thiophene rings is 1. The summed E-state index contributed by atoms with van der Waals surface area (Å²) < 4.78 is 31.2. The van der Waals surface area contributed by atoms with Crippen LogP contribution < -0.4 is 9.46 Å². The molecular weight excluding hydrogens is 310 g/mol. The number of benzene rings is 1. The molecule has 0 spiro atoms. The quantitative estimate of drug-likeness (QED) is 0.884. The minimum Gasteiger partial charge on any atom is -0.483 e. The molecule has 2 aromatic rings. The van der Waals surface area contributed by atoms with E-state index in [9.17, 15) is 13.2 Å². The second-order valence-electron chi connectivity index (χ2n) is 4.21. The Hall–Kier alpha value is -1.86. The summed E-state index contributed by atoms with van der Waals surface area (Å²) >= 11 is 1.05. The van der Waals surface area contributed by atoms with Crippen LogP contribution in [0.1, 0.15) is 12.5 Å². The van der Waals surface area contributed by atoms with E-state index in [1.165, 1.54) is 6.07 Å². The first kappa shape index (κ1) is 15.5. The lowest BCUT2D eigenvalue weighted by molar-refractivity contribution is -0.121. The Kier molecular flexibility index (Phi) is 4.98. The number of aryl methyl sites for hydroxylation is 1. The van der Waals surface area contributed by atoms with Gasteiger partial charge in [-0.2, -0.15) is 0 Å². The van der Waals surface area contributed by atoms with Gasteiger partial charge in [-0.05, 0) is 29.5 Å². The minimum atomic E-state index is -3.80. The number of hydrogen-bond acceptors (Lipinski definition) is 5. The van der Waals surface area contributed by atoms with Crippen LogP contribution >= 0.6 is 11.3 Å². The van der Waals surface area contributed by atoms with Crippen molar-refractivity contribution >= 4 is 27.3 Å². The summed E-state index contributed by atoms with van der Waals surface area (Å²) in [6.45, 7) is 1.63. The minimum absolute atomic E-state index is 0.102. The zero-order valence-electron chi connectivity index (χ0n) is 11.4. The SMILES string of the molecule is CCc1ccccc1OCC(=O)NS(=O)(=O)c1cccs1. The fourth-order valence-corrected chi connectivity index (χ4v) is 3.69. The fourth-order valence-electron chi connectivity index (χ4n) is 1.73. The lowest BCUT2D eigenvalue weighted by Crippen LogP contribution is -2.34. The summed E-state index contributed by atoms with van der Waals surface area (Å²) in [5.74, 6) is -0.113. The zero-order valence-corrected chi connectivity index (χ0v) is 13.0. The van der Waals surface area contributed by atoms with E-state index in [1.807, 2.05) is 23.8 Å². The number of para-hydroxylation sites is 1. The molecule has 5 nitrogen and oxygen atoms in total. The molecule has 0 saturated heterocycles. The van der Waals surface area contributed by atoms with E-state index in [0.29, 0.717) is 5.75 Å². The summed E-state index contributed by atoms with van der Waals surface area (Å²) in [5, 5.41) is 1.63. The Morgan fingerprint density at radius 3 is 2.67 bits per heavy atom. The van der Waals surface area contributed by atoms with Gasteiger partial charge >= 0.3 is 0 Å². The van der Waals surface area contributed by atoms with Crippen LogP contribution in [0.5, 0.6) is 5.75 Å². The highest BCUT2D eigenvalue weighted by Gasteiger charge is 2.18. The van der Waals surface area contributed by atoms with E-state index >= 15 is 0 Å². The van der Waals surface area contributed by atoms with Crippen molar-refractivity contribution in [1.29, 1.82) is 0 Å². The van der Waals surface area contributed by atoms with E-state index in [1.54, 1.807) is 23.6 Å². The predicted octanol–water partition coefficient (Wildman–Crippen LogP) is 2.19. The molecule has 0 aliphatic carbocycles. The third kappa shape index (κ3) is 4.05. The average Bonchev–Trinajstić information content (AvgIpc) is 3.00. The van der Waals surface area contributed by atoms with Crippen molar-refractivity contribution in [3.8, 4) is 5.75 Å². The number of carbonyl (C=O) groups is 1. The number of nitrogens with one attached hydrogen (secondary N) is 1. The van der Waals surface area contributed by atoms with Gasteiger partial charge in [-0.15, -0.1) is 11.3 Å². The van der Waals surface area contributed by atoms with E-state index in [4.69, 9.17) is 4.74 Å². The zero-order chi connectivity index (χ0) is 15.3. The highest BCUT2D eigenvalue weighted by Crippen LogP contribution is 2.18. The van der Waals surface area contributed by atoms with E-state index in [0.717, 1.165) is 23.3 Å². The lowest BCUT2D eigenvalue weighted by Gasteiger charge is -2.10. The van der Waals surface area contributed by atoms with Crippen molar-refractivity contribution in [3.05, 3.63) is 47.3 Å². The maximum Gasteiger partial charge on any atom is 0.273 e. The molecule has 0 aliphatic heterocycles. The Morgan fingerprint density at radius 2 is 2.00 bits per heavy atom. The van der Waals surface area contributed by atoms with Gasteiger partial charge in [0.15, 0.2) is 6.61 Å². The highest BCUT2D eigenvalue weighted by molar-refractivity contribution is 7.92. The molecule has 1 amide bonds. The summed E-state index contributed by atoms with van der Waals surface area (Å²) in [5.41, 5.74) is 0.964. The van der Waals surface area contributed by atoms with Crippen LogP contribution in [0.4, 0.5) is 0 Å². The van der Waals surface area contributed by atoms with Crippen LogP contribution in [0.3, 0.4) is 0 Å². The predicted molar refractivity (Wildman–Crippen MR) is 81.0 cm³/mol. The third-order valence-electron chi connectivity index (χ3n) is 2.72. The first-order valence-electron chi connectivity index (χ1n) is 6.33. The Labute approximate surface area is 127 Å². The summed E-state index contributed by atoms with van der Waals surface area (Å²) in [7, 11) is -3.80. The molecular formula is C14H15NO4S2. The molecule has 0 unspecified atom stereocenters. The van der Waals surface area contributed by atoms with Crippen LogP contribution in [0, 0.1) is 0 Å². The van der Waals surface area contributed by atoms with Gasteiger partial charge in [-0.3, -0.25) is 4.79 Å². The first-order chi connectivity index (χ1) is 10.0. The number of hydrogen-bond donors (Lipinski definition) is 1. The summed E-state index contributed by atoms with van der Waals surface area (Å²) in [4.78, 5) is 11.7. The number of ether oxygens (including phenoxy) is 1. The van der Waals surface area contributed by atoms with Gasteiger partial charge < -0.3 is 4.74 Å². The number of carbonyl (C=O) groups excluding carboxylic acids is 1. The van der Waals surface area contributed by atoms with E-state index in [-0.39, 0.29) is 10.8 Å². The molecule has 7 heteroatoms. The molecule has 0 saturated carbocycles. The van der Waals surface area contributed by atoms with Gasteiger partial charge in [0.05, 0.1) is 0 Å². The monoisotopic (exact) mass is 325 g/mol. The normalized spacial score (nSPS) is 11.1. The maximum atomic E-state index is 11.9. The summed E-state index contributed by atoms with van der Waals surface area (Å²) in [6.07, 6.45) is 0.769. The molecule has 1 N–H and O–H groups in total. The van der Waals surface area contributed by atoms with Crippen molar-refractivity contribution in [2.24, 2.45) is 0 Å². The Bertz CT molecular complexity index is 708. The maximum absolute atomic E-state index is 11.9. The Balaban J connectivity index is 1.97. The molecule has 0 fully saturated rings. The van der Waals surface area contributed by atoms with Crippen LogP contribution in [0.25, 0.3) is 0 Å². The second-order valence-corrected chi connectivity index (χ2v) is 7.07. The summed E-state index contributed by atoms with van der Waals surface area (Å²) in [6, 6.07) is 10.4. The molecule has 0 aliphatic rings. The van der Waals surface area contributed by atoms with Crippen molar-refractivity contribution in [3.63, 3.8) is 0 Å². The molecule has 0 radical (unpaired) electrons. The van der Waals surface area contributed by atoms with Crippen LogP contribution in [-0.2, 0) is 21.2 Å².